The van der Waals surface area contributed by atoms with Crippen LogP contribution in [0.15, 0.2) is 35.1 Å². The van der Waals surface area contributed by atoms with E-state index in [0.717, 1.165) is 5.69 Å². The fourth-order valence-corrected chi connectivity index (χ4v) is 1.37. The number of nitrogens with zero attached hydrogens (tertiary/aromatic N) is 3. The molecule has 0 bridgehead atoms. The largest absolute Gasteiger partial charge is 0.385 e. The molecule has 5 heteroatoms. The van der Waals surface area contributed by atoms with Crippen LogP contribution >= 0.6 is 0 Å². The van der Waals surface area contributed by atoms with Gasteiger partial charge in [-0.25, -0.2) is 4.68 Å². The van der Waals surface area contributed by atoms with Crippen molar-refractivity contribution >= 4 is 5.69 Å². The van der Waals surface area contributed by atoms with E-state index in [0.29, 0.717) is 11.4 Å². The second kappa shape index (κ2) is 3.42. The van der Waals surface area contributed by atoms with Gasteiger partial charge in [0.25, 0.3) is 5.56 Å². The fourth-order valence-electron chi connectivity index (χ4n) is 1.37. The van der Waals surface area contributed by atoms with Crippen LogP contribution in [0.2, 0.25) is 0 Å². The van der Waals surface area contributed by atoms with Gasteiger partial charge >= 0.3 is 5.69 Å². The molecule has 1 N–H and O–H groups in total. The maximum absolute atomic E-state index is 11.5. The maximum Gasteiger partial charge on any atom is 0.385 e. The van der Waals surface area contributed by atoms with E-state index in [2.05, 4.69) is 10.1 Å². The van der Waals surface area contributed by atoms with Crippen LogP contribution in [0.25, 0.3) is 10.7 Å². The SMILES string of the molecule is Cc1cc(=O)n(-c2ccc([N+]#N)cc2)[nH]1. The molecule has 15 heavy (non-hydrogen) atoms. The van der Waals surface area contributed by atoms with E-state index in [9.17, 15) is 4.79 Å². The van der Waals surface area contributed by atoms with Gasteiger partial charge in [-0.15, -0.1) is 0 Å². The lowest BCUT2D eigenvalue weighted by Gasteiger charge is -1.98. The molecule has 0 atom stereocenters. The molecule has 0 saturated heterocycles. The Hall–Kier alpha value is -2.35. The summed E-state index contributed by atoms with van der Waals surface area (Å²) in [6.07, 6.45) is 0. The topological polar surface area (TPSA) is 65.9 Å². The third-order valence-corrected chi connectivity index (χ3v) is 2.07. The van der Waals surface area contributed by atoms with Gasteiger partial charge in [-0.3, -0.25) is 9.89 Å². The first-order chi connectivity index (χ1) is 7.20. The predicted molar refractivity (Wildman–Crippen MR) is 55.9 cm³/mol. The van der Waals surface area contributed by atoms with E-state index in [1.165, 1.54) is 10.7 Å². The summed E-state index contributed by atoms with van der Waals surface area (Å²) >= 11 is 0. The molecule has 0 amide bonds. The summed E-state index contributed by atoms with van der Waals surface area (Å²) in [6, 6.07) is 8.17. The molecule has 1 heterocycles. The lowest BCUT2D eigenvalue weighted by atomic mass is 10.3. The van der Waals surface area contributed by atoms with Crippen LogP contribution in [0.4, 0.5) is 5.69 Å². The van der Waals surface area contributed by atoms with Crippen LogP contribution in [-0.4, -0.2) is 9.78 Å². The molecular weight excluding hydrogens is 192 g/mol. The highest BCUT2D eigenvalue weighted by molar-refractivity contribution is 5.48. The molecule has 0 unspecified atom stereocenters. The van der Waals surface area contributed by atoms with Gasteiger partial charge in [-0.2, -0.15) is 0 Å². The standard InChI is InChI=1S/C10H8N4O/c1-7-6-10(15)14(13-7)9-4-2-8(12-11)3-5-9/h2-6H,1H3/p+1. The second-order valence-electron chi connectivity index (χ2n) is 3.23. The van der Waals surface area contributed by atoms with Gasteiger partial charge in [0.05, 0.1) is 5.69 Å². The first-order valence-electron chi connectivity index (χ1n) is 4.45. The summed E-state index contributed by atoms with van der Waals surface area (Å²) in [5, 5.41) is 11.4. The van der Waals surface area contributed by atoms with Crippen LogP contribution < -0.4 is 5.56 Å². The van der Waals surface area contributed by atoms with E-state index >= 15 is 0 Å². The number of H-pyrrole nitrogens is 1. The maximum atomic E-state index is 11.5. The molecule has 0 fully saturated rings. The van der Waals surface area contributed by atoms with Crippen LogP contribution in [-0.2, 0) is 0 Å². The normalized spacial score (nSPS) is 9.87. The smallest absolute Gasteiger partial charge is 0.295 e. The van der Waals surface area contributed by atoms with Crippen LogP contribution in [0.3, 0.4) is 0 Å². The number of benzene rings is 1. The van der Waals surface area contributed by atoms with Crippen molar-refractivity contribution in [3.63, 3.8) is 0 Å². The Bertz CT molecular complexity index is 571. The molecule has 0 aliphatic heterocycles. The average molecular weight is 201 g/mol. The minimum absolute atomic E-state index is 0.110. The molecule has 2 aromatic rings. The first kappa shape index (κ1) is 9.21. The van der Waals surface area contributed by atoms with Crippen molar-refractivity contribution in [3.8, 4) is 5.69 Å². The number of aromatic amines is 1. The zero-order valence-corrected chi connectivity index (χ0v) is 8.14. The van der Waals surface area contributed by atoms with Crippen molar-refractivity contribution in [2.75, 3.05) is 0 Å². The number of nitrogens with one attached hydrogen (secondary N) is 1. The zero-order valence-electron chi connectivity index (χ0n) is 8.14. The van der Waals surface area contributed by atoms with Gasteiger partial charge in [0.2, 0.25) is 5.39 Å². The van der Waals surface area contributed by atoms with Crippen molar-refractivity contribution < 1.29 is 0 Å². The van der Waals surface area contributed by atoms with Crippen LogP contribution in [0.1, 0.15) is 5.69 Å². The molecular formula is C10H9N4O+. The quantitative estimate of drug-likeness (QED) is 0.716. The molecule has 0 saturated carbocycles. The highest BCUT2D eigenvalue weighted by Crippen LogP contribution is 2.13. The second-order valence-corrected chi connectivity index (χ2v) is 3.23. The van der Waals surface area contributed by atoms with E-state index in [-0.39, 0.29) is 5.56 Å². The van der Waals surface area contributed by atoms with Gasteiger partial charge < -0.3 is 0 Å². The molecule has 0 spiro atoms. The highest BCUT2D eigenvalue weighted by Gasteiger charge is 2.06. The summed E-state index contributed by atoms with van der Waals surface area (Å²) in [5.41, 5.74) is 1.85. The molecule has 5 nitrogen and oxygen atoms in total. The molecule has 0 aliphatic rings. The summed E-state index contributed by atoms with van der Waals surface area (Å²) in [6.45, 7) is 1.81. The van der Waals surface area contributed by atoms with Crippen molar-refractivity contribution in [2.45, 2.75) is 6.92 Å². The monoisotopic (exact) mass is 201 g/mol. The van der Waals surface area contributed by atoms with Crippen molar-refractivity contribution in [2.24, 2.45) is 0 Å². The summed E-state index contributed by atoms with van der Waals surface area (Å²) in [4.78, 5) is 14.5. The number of rotatable bonds is 1. The highest BCUT2D eigenvalue weighted by atomic mass is 16.1. The van der Waals surface area contributed by atoms with Crippen molar-refractivity contribution in [1.29, 1.82) is 5.39 Å². The molecule has 0 aliphatic carbocycles. The molecule has 74 valence electrons. The number of aromatic nitrogens is 2. The zero-order chi connectivity index (χ0) is 10.8. The molecule has 1 aromatic heterocycles. The first-order valence-corrected chi connectivity index (χ1v) is 4.45. The molecule has 1 aromatic carbocycles. The lowest BCUT2D eigenvalue weighted by Crippen LogP contribution is -2.12. The van der Waals surface area contributed by atoms with Crippen molar-refractivity contribution in [1.82, 2.24) is 9.78 Å². The van der Waals surface area contributed by atoms with E-state index < -0.39 is 0 Å². The minimum atomic E-state index is -0.110. The molecule has 0 radical (unpaired) electrons. The Kier molecular flexibility index (Phi) is 2.10. The predicted octanol–water partition coefficient (Wildman–Crippen LogP) is 1.96. The average Bonchev–Trinajstić information content (AvgIpc) is 2.58. The van der Waals surface area contributed by atoms with Crippen LogP contribution in [0, 0.1) is 12.3 Å². The third-order valence-electron chi connectivity index (χ3n) is 2.07. The Morgan fingerprint density at radius 3 is 2.47 bits per heavy atom. The van der Waals surface area contributed by atoms with Gasteiger partial charge in [-0.05, 0) is 19.1 Å². The Morgan fingerprint density at radius 2 is 2.00 bits per heavy atom. The lowest BCUT2D eigenvalue weighted by molar-refractivity contribution is 0.835. The van der Waals surface area contributed by atoms with Gasteiger partial charge in [0, 0.05) is 23.9 Å². The summed E-state index contributed by atoms with van der Waals surface area (Å²) in [7, 11) is 0. The van der Waals surface area contributed by atoms with E-state index in [1.807, 2.05) is 6.92 Å². The Morgan fingerprint density at radius 1 is 1.33 bits per heavy atom. The van der Waals surface area contributed by atoms with Gasteiger partial charge in [0.15, 0.2) is 4.98 Å². The number of diazo groups is 1. The Labute approximate surface area is 85.6 Å². The summed E-state index contributed by atoms with van der Waals surface area (Å²) in [5.74, 6) is 0. The van der Waals surface area contributed by atoms with Crippen molar-refractivity contribution in [3.05, 3.63) is 51.4 Å². The van der Waals surface area contributed by atoms with Gasteiger partial charge in [-0.1, -0.05) is 0 Å². The van der Waals surface area contributed by atoms with Crippen LogP contribution in [0.5, 0.6) is 0 Å². The number of hydrogen-bond donors (Lipinski definition) is 1. The summed E-state index contributed by atoms with van der Waals surface area (Å²) < 4.78 is 1.43. The fraction of sp³-hybridized carbons (Fsp3) is 0.100. The minimum Gasteiger partial charge on any atom is -0.295 e. The molecule has 2 rings (SSSR count). The van der Waals surface area contributed by atoms with E-state index in [1.54, 1.807) is 24.3 Å². The van der Waals surface area contributed by atoms with E-state index in [4.69, 9.17) is 5.39 Å². The number of aryl methyl sites for hydroxylation is 1. The number of hydrogen-bond acceptors (Lipinski definition) is 2. The van der Waals surface area contributed by atoms with Gasteiger partial charge in [0.1, 0.15) is 0 Å². The third kappa shape index (κ3) is 1.65. The Balaban J connectivity index is 2.51.